The van der Waals surface area contributed by atoms with Crippen molar-refractivity contribution in [1.29, 1.82) is 0 Å². The van der Waals surface area contributed by atoms with Crippen LogP contribution in [0.25, 0.3) is 0 Å². The van der Waals surface area contributed by atoms with E-state index in [1.54, 1.807) is 0 Å². The summed E-state index contributed by atoms with van der Waals surface area (Å²) < 4.78 is 5.94. The highest BCUT2D eigenvalue weighted by molar-refractivity contribution is 7.80. The van der Waals surface area contributed by atoms with Gasteiger partial charge in [-0.15, -0.1) is 0 Å². The Balaban J connectivity index is 1.84. The van der Waals surface area contributed by atoms with Gasteiger partial charge < -0.3 is 10.5 Å². The zero-order valence-electron chi connectivity index (χ0n) is 10.2. The molecular formula is C14H19NOS. The lowest BCUT2D eigenvalue weighted by molar-refractivity contribution is 0.0337. The van der Waals surface area contributed by atoms with Gasteiger partial charge in [0.15, 0.2) is 0 Å². The van der Waals surface area contributed by atoms with Crippen molar-refractivity contribution >= 4 is 17.2 Å². The number of hydrogen-bond acceptors (Lipinski definition) is 2. The van der Waals surface area contributed by atoms with Crippen LogP contribution >= 0.6 is 12.2 Å². The highest BCUT2D eigenvalue weighted by Crippen LogP contribution is 2.49. The molecule has 2 N–H and O–H groups in total. The molecule has 92 valence electrons. The molecule has 2 nitrogen and oxygen atoms in total. The summed E-state index contributed by atoms with van der Waals surface area (Å²) in [6.07, 6.45) is 3.33. The first-order valence-electron chi connectivity index (χ1n) is 6.06. The van der Waals surface area contributed by atoms with Gasteiger partial charge in [-0.1, -0.05) is 42.5 Å². The Morgan fingerprint density at radius 1 is 1.41 bits per heavy atom. The largest absolute Gasteiger partial charge is 0.393 e. The fraction of sp³-hybridized carbons (Fsp3) is 0.500. The Morgan fingerprint density at radius 3 is 2.59 bits per heavy atom. The molecule has 0 heterocycles. The molecule has 1 aliphatic rings. The average Bonchev–Trinajstić information content (AvgIpc) is 3.06. The monoisotopic (exact) mass is 249 g/mol. The minimum atomic E-state index is 0.139. The molecule has 0 spiro atoms. The van der Waals surface area contributed by atoms with Gasteiger partial charge in [0.05, 0.1) is 17.7 Å². The summed E-state index contributed by atoms with van der Waals surface area (Å²) in [6, 6.07) is 10.3. The van der Waals surface area contributed by atoms with E-state index in [1.165, 1.54) is 18.4 Å². The van der Waals surface area contributed by atoms with Crippen molar-refractivity contribution in [2.24, 2.45) is 11.1 Å². The number of rotatable bonds is 6. The van der Waals surface area contributed by atoms with Crippen LogP contribution in [0.2, 0.25) is 0 Å². The number of hydrogen-bond donors (Lipinski definition) is 1. The molecule has 1 atom stereocenters. The smallest absolute Gasteiger partial charge is 0.0797 e. The molecule has 1 aromatic rings. The van der Waals surface area contributed by atoms with Gasteiger partial charge >= 0.3 is 0 Å². The number of benzene rings is 1. The first-order valence-corrected chi connectivity index (χ1v) is 6.47. The van der Waals surface area contributed by atoms with Gasteiger partial charge in [0, 0.05) is 11.8 Å². The molecule has 0 aromatic heterocycles. The predicted octanol–water partition coefficient (Wildman–Crippen LogP) is 3.22. The Hall–Kier alpha value is -0.930. The third-order valence-electron chi connectivity index (χ3n) is 3.41. The van der Waals surface area contributed by atoms with Gasteiger partial charge in [-0.2, -0.15) is 0 Å². The lowest BCUT2D eigenvalue weighted by Crippen LogP contribution is -2.20. The molecule has 0 amide bonds. The van der Waals surface area contributed by atoms with E-state index in [-0.39, 0.29) is 11.5 Å². The summed E-state index contributed by atoms with van der Waals surface area (Å²) in [5.41, 5.74) is 7.08. The maximum Gasteiger partial charge on any atom is 0.0797 e. The van der Waals surface area contributed by atoms with E-state index in [0.717, 1.165) is 13.0 Å². The average molecular weight is 249 g/mol. The minimum Gasteiger partial charge on any atom is -0.393 e. The van der Waals surface area contributed by atoms with Gasteiger partial charge in [-0.3, -0.25) is 0 Å². The van der Waals surface area contributed by atoms with Crippen LogP contribution in [-0.2, 0) is 4.74 Å². The Morgan fingerprint density at radius 2 is 2.06 bits per heavy atom. The summed E-state index contributed by atoms with van der Waals surface area (Å²) in [4.78, 5) is 0.610. The van der Waals surface area contributed by atoms with Gasteiger partial charge in [0.2, 0.25) is 0 Å². The second kappa shape index (κ2) is 5.15. The van der Waals surface area contributed by atoms with E-state index in [0.29, 0.717) is 4.99 Å². The fourth-order valence-corrected chi connectivity index (χ4v) is 2.35. The second-order valence-corrected chi connectivity index (χ2v) is 5.53. The van der Waals surface area contributed by atoms with Gasteiger partial charge in [0.1, 0.15) is 0 Å². The third kappa shape index (κ3) is 3.51. The molecule has 0 aliphatic heterocycles. The first kappa shape index (κ1) is 12.5. The highest BCUT2D eigenvalue weighted by atomic mass is 32.1. The Bertz CT molecular complexity index is 386. The molecule has 0 radical (unpaired) electrons. The third-order valence-corrected chi connectivity index (χ3v) is 3.56. The van der Waals surface area contributed by atoms with E-state index >= 15 is 0 Å². The van der Waals surface area contributed by atoms with Crippen LogP contribution in [0.3, 0.4) is 0 Å². The summed E-state index contributed by atoms with van der Waals surface area (Å²) in [5.74, 6) is 0. The first-order chi connectivity index (χ1) is 8.11. The lowest BCUT2D eigenvalue weighted by Gasteiger charge is -2.19. The second-order valence-electron chi connectivity index (χ2n) is 5.01. The van der Waals surface area contributed by atoms with Crippen molar-refractivity contribution < 1.29 is 4.74 Å². The van der Waals surface area contributed by atoms with E-state index < -0.39 is 0 Å². The molecule has 0 saturated heterocycles. The molecule has 1 aromatic carbocycles. The molecule has 1 unspecified atom stereocenters. The molecule has 17 heavy (non-hydrogen) atoms. The van der Waals surface area contributed by atoms with Crippen LogP contribution in [-0.4, -0.2) is 11.6 Å². The normalized spacial score (nSPS) is 18.6. The van der Waals surface area contributed by atoms with Crippen LogP contribution in [0, 0.1) is 5.41 Å². The van der Waals surface area contributed by atoms with Crippen LogP contribution in [0.4, 0.5) is 0 Å². The van der Waals surface area contributed by atoms with E-state index in [4.69, 9.17) is 22.7 Å². The molecule has 0 bridgehead atoms. The van der Waals surface area contributed by atoms with Crippen LogP contribution in [0.15, 0.2) is 30.3 Å². The van der Waals surface area contributed by atoms with Crippen LogP contribution in [0.1, 0.15) is 37.9 Å². The maximum atomic E-state index is 5.94. The van der Waals surface area contributed by atoms with Gasteiger partial charge in [-0.05, 0) is 25.3 Å². The minimum absolute atomic E-state index is 0.139. The molecule has 1 aliphatic carbocycles. The number of nitrogens with two attached hydrogens (primary N) is 1. The molecule has 2 rings (SSSR count). The van der Waals surface area contributed by atoms with Crippen molar-refractivity contribution in [3.05, 3.63) is 35.9 Å². The molecule has 1 fully saturated rings. The van der Waals surface area contributed by atoms with Crippen molar-refractivity contribution in [2.75, 3.05) is 6.61 Å². The summed E-state index contributed by atoms with van der Waals surface area (Å²) >= 11 is 4.98. The fourth-order valence-electron chi connectivity index (χ4n) is 2.04. The van der Waals surface area contributed by atoms with Gasteiger partial charge in [0.25, 0.3) is 0 Å². The zero-order chi connectivity index (χ0) is 12.3. The Kier molecular flexibility index (Phi) is 3.79. The number of ether oxygens (including phenoxy) is 1. The SMILES string of the molecule is CC(OCC1(CC(N)=S)CC1)c1ccccc1. The molecule has 1 saturated carbocycles. The van der Waals surface area contributed by atoms with Crippen LogP contribution < -0.4 is 5.73 Å². The van der Waals surface area contributed by atoms with Crippen molar-refractivity contribution in [1.82, 2.24) is 0 Å². The number of thiocarbonyl (C=S) groups is 1. The highest BCUT2D eigenvalue weighted by Gasteiger charge is 2.43. The quantitative estimate of drug-likeness (QED) is 0.786. The van der Waals surface area contributed by atoms with Gasteiger partial charge in [-0.25, -0.2) is 0 Å². The summed E-state index contributed by atoms with van der Waals surface area (Å²) in [6.45, 7) is 2.85. The van der Waals surface area contributed by atoms with Crippen LogP contribution in [0.5, 0.6) is 0 Å². The summed E-state index contributed by atoms with van der Waals surface area (Å²) in [7, 11) is 0. The predicted molar refractivity (Wildman–Crippen MR) is 73.9 cm³/mol. The molecular weight excluding hydrogens is 230 g/mol. The Labute approximate surface area is 108 Å². The van der Waals surface area contributed by atoms with Crippen molar-refractivity contribution in [3.8, 4) is 0 Å². The standard InChI is InChI=1S/C14H19NOS/c1-11(12-5-3-2-4-6-12)16-10-14(7-8-14)9-13(15)17/h2-6,11H,7-10H2,1H3,(H2,15,17). The topological polar surface area (TPSA) is 35.2 Å². The van der Waals surface area contributed by atoms with E-state index in [9.17, 15) is 0 Å². The zero-order valence-corrected chi connectivity index (χ0v) is 11.0. The summed E-state index contributed by atoms with van der Waals surface area (Å²) in [5, 5.41) is 0. The van der Waals surface area contributed by atoms with E-state index in [1.807, 2.05) is 18.2 Å². The van der Waals surface area contributed by atoms with Crippen molar-refractivity contribution in [2.45, 2.75) is 32.3 Å². The maximum absolute atomic E-state index is 5.94. The van der Waals surface area contributed by atoms with Crippen molar-refractivity contribution in [3.63, 3.8) is 0 Å². The molecule has 3 heteroatoms. The van der Waals surface area contributed by atoms with E-state index in [2.05, 4.69) is 19.1 Å². The lowest BCUT2D eigenvalue weighted by atomic mass is 10.0.